The van der Waals surface area contributed by atoms with Crippen LogP contribution in [0.25, 0.3) is 0 Å². The number of rotatable bonds is 3. The fraction of sp³-hybridized carbons (Fsp3) is 0.526. The molecule has 1 heterocycles. The van der Waals surface area contributed by atoms with Crippen molar-refractivity contribution in [2.24, 2.45) is 11.8 Å². The van der Waals surface area contributed by atoms with Gasteiger partial charge in [-0.1, -0.05) is 18.2 Å². The first kappa shape index (κ1) is 17.5. The van der Waals surface area contributed by atoms with Crippen molar-refractivity contribution < 1.29 is 19.5 Å². The number of carboxylic acids is 1. The summed E-state index contributed by atoms with van der Waals surface area (Å²) in [6, 6.07) is 9.19. The third kappa shape index (κ3) is 4.00. The Bertz CT molecular complexity index is 646. The van der Waals surface area contributed by atoms with Crippen LogP contribution in [0.3, 0.4) is 0 Å². The normalized spacial score (nSPS) is 24.0. The highest BCUT2D eigenvalue weighted by atomic mass is 16.4. The van der Waals surface area contributed by atoms with Gasteiger partial charge in [0.1, 0.15) is 0 Å². The Morgan fingerprint density at radius 1 is 0.880 bits per heavy atom. The molecule has 1 saturated heterocycles. The molecule has 6 nitrogen and oxygen atoms in total. The lowest BCUT2D eigenvalue weighted by Gasteiger charge is -2.24. The summed E-state index contributed by atoms with van der Waals surface area (Å²) in [5.74, 6) is -1.32. The van der Waals surface area contributed by atoms with Crippen molar-refractivity contribution in [3.63, 3.8) is 0 Å². The highest BCUT2D eigenvalue weighted by Gasteiger charge is 2.36. The molecule has 0 spiro atoms. The Labute approximate surface area is 147 Å². The topological polar surface area (TPSA) is 77.9 Å². The average molecular weight is 344 g/mol. The molecule has 2 fully saturated rings. The summed E-state index contributed by atoms with van der Waals surface area (Å²) in [6.45, 7) is 2.31. The van der Waals surface area contributed by atoms with Crippen LogP contribution in [-0.2, 0) is 9.59 Å². The first-order valence-corrected chi connectivity index (χ1v) is 8.92. The van der Waals surface area contributed by atoms with Crippen LogP contribution in [0.4, 0.5) is 0 Å². The summed E-state index contributed by atoms with van der Waals surface area (Å²) >= 11 is 0. The van der Waals surface area contributed by atoms with Gasteiger partial charge in [0.05, 0.1) is 5.92 Å². The van der Waals surface area contributed by atoms with E-state index in [2.05, 4.69) is 0 Å². The molecule has 1 aliphatic carbocycles. The summed E-state index contributed by atoms with van der Waals surface area (Å²) in [7, 11) is 0. The highest BCUT2D eigenvalue weighted by molar-refractivity contribution is 5.94. The van der Waals surface area contributed by atoms with Crippen molar-refractivity contribution in [2.75, 3.05) is 26.2 Å². The minimum Gasteiger partial charge on any atom is -0.481 e. The van der Waals surface area contributed by atoms with Crippen molar-refractivity contribution in [1.82, 2.24) is 9.80 Å². The lowest BCUT2D eigenvalue weighted by Crippen LogP contribution is -2.39. The van der Waals surface area contributed by atoms with E-state index in [0.29, 0.717) is 51.0 Å². The Hall–Kier alpha value is -2.37. The zero-order valence-electron chi connectivity index (χ0n) is 14.3. The number of aliphatic carboxylic acids is 1. The zero-order valence-corrected chi connectivity index (χ0v) is 14.3. The third-order valence-corrected chi connectivity index (χ3v) is 5.25. The molecule has 25 heavy (non-hydrogen) atoms. The van der Waals surface area contributed by atoms with Crippen LogP contribution in [0.1, 0.15) is 36.0 Å². The minimum absolute atomic E-state index is 0.00158. The molecule has 134 valence electrons. The van der Waals surface area contributed by atoms with E-state index >= 15 is 0 Å². The fourth-order valence-electron chi connectivity index (χ4n) is 3.79. The molecule has 2 aliphatic rings. The largest absolute Gasteiger partial charge is 0.481 e. The van der Waals surface area contributed by atoms with Gasteiger partial charge in [-0.25, -0.2) is 0 Å². The monoisotopic (exact) mass is 344 g/mol. The summed E-state index contributed by atoms with van der Waals surface area (Å²) in [4.78, 5) is 40.0. The van der Waals surface area contributed by atoms with Gasteiger partial charge in [-0.2, -0.15) is 0 Å². The van der Waals surface area contributed by atoms with Crippen LogP contribution in [-0.4, -0.2) is 58.9 Å². The van der Waals surface area contributed by atoms with Crippen LogP contribution in [0.2, 0.25) is 0 Å². The number of hydrogen-bond acceptors (Lipinski definition) is 3. The van der Waals surface area contributed by atoms with Crippen LogP contribution in [0.15, 0.2) is 30.3 Å². The Balaban J connectivity index is 1.57. The van der Waals surface area contributed by atoms with Gasteiger partial charge >= 0.3 is 5.97 Å². The second-order valence-electron chi connectivity index (χ2n) is 6.88. The van der Waals surface area contributed by atoms with Crippen molar-refractivity contribution in [3.8, 4) is 0 Å². The molecule has 1 aromatic carbocycles. The average Bonchev–Trinajstić information content (AvgIpc) is 3.00. The first-order valence-electron chi connectivity index (χ1n) is 8.92. The number of carbonyl (C=O) groups is 3. The number of carboxylic acid groups (broad SMARTS) is 1. The molecule has 0 bridgehead atoms. The number of carbonyl (C=O) groups excluding carboxylic acids is 2. The Morgan fingerprint density at radius 2 is 1.52 bits per heavy atom. The summed E-state index contributed by atoms with van der Waals surface area (Å²) in [5, 5.41) is 9.10. The molecule has 0 aromatic heterocycles. The fourth-order valence-corrected chi connectivity index (χ4v) is 3.79. The summed E-state index contributed by atoms with van der Waals surface area (Å²) < 4.78 is 0. The van der Waals surface area contributed by atoms with Crippen LogP contribution >= 0.6 is 0 Å². The minimum atomic E-state index is -0.800. The van der Waals surface area contributed by atoms with Gasteiger partial charge in [-0.05, 0) is 37.8 Å². The van der Waals surface area contributed by atoms with Gasteiger partial charge in [0.2, 0.25) is 5.91 Å². The van der Waals surface area contributed by atoms with Crippen molar-refractivity contribution >= 4 is 17.8 Å². The van der Waals surface area contributed by atoms with E-state index in [1.54, 1.807) is 17.0 Å². The summed E-state index contributed by atoms with van der Waals surface area (Å²) in [6.07, 6.45) is 2.42. The molecule has 1 N–H and O–H groups in total. The van der Waals surface area contributed by atoms with Crippen molar-refractivity contribution in [1.29, 1.82) is 0 Å². The van der Waals surface area contributed by atoms with E-state index in [9.17, 15) is 14.4 Å². The van der Waals surface area contributed by atoms with Crippen molar-refractivity contribution in [3.05, 3.63) is 35.9 Å². The number of benzene rings is 1. The molecule has 3 rings (SSSR count). The smallest absolute Gasteiger partial charge is 0.306 e. The maximum Gasteiger partial charge on any atom is 0.306 e. The molecular formula is C19H24N2O4. The first-order chi connectivity index (χ1) is 12.1. The maximum atomic E-state index is 12.7. The highest BCUT2D eigenvalue weighted by Crippen LogP contribution is 2.32. The summed E-state index contributed by atoms with van der Waals surface area (Å²) in [5.41, 5.74) is 0.669. The number of amides is 2. The van der Waals surface area contributed by atoms with Gasteiger partial charge in [-0.15, -0.1) is 0 Å². The standard InChI is InChI=1S/C19H24N2O4/c22-17(14-5-2-1-3-6-14)20-9-4-10-21(12-11-20)18(23)15-7-8-16(13-15)19(24)25/h1-3,5-6,15-16H,4,7-13H2,(H,24,25)/t15-,16+/m0/s1. The Kier molecular flexibility index (Phi) is 5.36. The van der Waals surface area contributed by atoms with E-state index in [4.69, 9.17) is 5.11 Å². The van der Waals surface area contributed by atoms with E-state index in [1.165, 1.54) is 0 Å². The number of hydrogen-bond donors (Lipinski definition) is 1. The van der Waals surface area contributed by atoms with Crippen molar-refractivity contribution in [2.45, 2.75) is 25.7 Å². The van der Waals surface area contributed by atoms with Crippen LogP contribution in [0, 0.1) is 11.8 Å². The molecule has 1 aromatic rings. The molecule has 1 aliphatic heterocycles. The molecule has 0 unspecified atom stereocenters. The Morgan fingerprint density at radius 3 is 2.20 bits per heavy atom. The van der Waals surface area contributed by atoms with Gasteiger partial charge in [0, 0.05) is 37.7 Å². The van der Waals surface area contributed by atoms with Crippen LogP contribution < -0.4 is 0 Å². The van der Waals surface area contributed by atoms with Gasteiger partial charge in [0.25, 0.3) is 5.91 Å². The van der Waals surface area contributed by atoms with E-state index < -0.39 is 11.9 Å². The molecule has 1 saturated carbocycles. The number of nitrogens with zero attached hydrogens (tertiary/aromatic N) is 2. The molecule has 2 amide bonds. The SMILES string of the molecule is O=C(O)[C@@H]1CC[C@H](C(=O)N2CCCN(C(=O)c3ccccc3)CC2)C1. The molecule has 0 radical (unpaired) electrons. The van der Waals surface area contributed by atoms with Gasteiger partial charge in [-0.3, -0.25) is 14.4 Å². The van der Waals surface area contributed by atoms with Gasteiger partial charge in [0.15, 0.2) is 0 Å². The van der Waals surface area contributed by atoms with E-state index in [-0.39, 0.29) is 17.7 Å². The van der Waals surface area contributed by atoms with Gasteiger partial charge < -0.3 is 14.9 Å². The molecule has 6 heteroatoms. The predicted octanol–water partition coefficient (Wildman–Crippen LogP) is 1.86. The van der Waals surface area contributed by atoms with E-state index in [1.807, 2.05) is 23.1 Å². The molecule has 2 atom stereocenters. The predicted molar refractivity (Wildman–Crippen MR) is 92.0 cm³/mol. The van der Waals surface area contributed by atoms with E-state index in [0.717, 1.165) is 6.42 Å². The second-order valence-corrected chi connectivity index (χ2v) is 6.88. The molecular weight excluding hydrogens is 320 g/mol. The lowest BCUT2D eigenvalue weighted by atomic mass is 10.0. The maximum absolute atomic E-state index is 12.7. The third-order valence-electron chi connectivity index (χ3n) is 5.25. The quantitative estimate of drug-likeness (QED) is 0.908. The lowest BCUT2D eigenvalue weighted by molar-refractivity contribution is -0.141. The van der Waals surface area contributed by atoms with Crippen LogP contribution in [0.5, 0.6) is 0 Å². The second kappa shape index (κ2) is 7.68. The zero-order chi connectivity index (χ0) is 17.8.